The second-order valence-electron chi connectivity index (χ2n) is 8.04. The summed E-state index contributed by atoms with van der Waals surface area (Å²) in [6.07, 6.45) is 2.77. The van der Waals surface area contributed by atoms with Crippen LogP contribution < -0.4 is 15.0 Å². The van der Waals surface area contributed by atoms with Gasteiger partial charge in [-0.05, 0) is 61.7 Å². The summed E-state index contributed by atoms with van der Waals surface area (Å²) in [5, 5.41) is 23.5. The minimum absolute atomic E-state index is 0.0736. The zero-order chi connectivity index (χ0) is 24.1. The molecule has 0 saturated carbocycles. The fraction of sp³-hybridized carbons (Fsp3) is 0.240. The van der Waals surface area contributed by atoms with Crippen LogP contribution in [0, 0.1) is 34.3 Å². The highest BCUT2D eigenvalue weighted by Crippen LogP contribution is 2.32. The van der Waals surface area contributed by atoms with E-state index in [1.165, 1.54) is 6.07 Å². The Labute approximate surface area is 196 Å². The Morgan fingerprint density at radius 2 is 1.97 bits per heavy atom. The second kappa shape index (κ2) is 10.0. The van der Waals surface area contributed by atoms with Crippen LogP contribution in [0.15, 0.2) is 60.8 Å². The lowest BCUT2D eigenvalue weighted by Crippen LogP contribution is -2.38. The van der Waals surface area contributed by atoms with E-state index in [-0.39, 0.29) is 28.3 Å². The van der Waals surface area contributed by atoms with E-state index in [1.807, 2.05) is 17.9 Å². The lowest BCUT2D eigenvalue weighted by atomic mass is 9.95. The van der Waals surface area contributed by atoms with E-state index in [1.54, 1.807) is 54.7 Å². The first kappa shape index (κ1) is 22.7. The lowest BCUT2D eigenvalue weighted by molar-refractivity contribution is -0.384. The number of benzene rings is 2. The molecule has 1 aromatic heterocycles. The molecule has 1 aliphatic heterocycles. The summed E-state index contributed by atoms with van der Waals surface area (Å²) in [5.74, 6) is 0.492. The van der Waals surface area contributed by atoms with Crippen LogP contribution in [0.4, 0.5) is 17.1 Å². The molecule has 2 aromatic carbocycles. The van der Waals surface area contributed by atoms with E-state index >= 15 is 0 Å². The van der Waals surface area contributed by atoms with Crippen LogP contribution in [0.5, 0.6) is 11.6 Å². The zero-order valence-electron chi connectivity index (χ0n) is 18.6. The smallest absolute Gasteiger partial charge is 0.292 e. The number of para-hydroxylation sites is 2. The molecule has 172 valence electrons. The Morgan fingerprint density at radius 3 is 2.68 bits per heavy atom. The van der Waals surface area contributed by atoms with Crippen molar-refractivity contribution in [3.63, 3.8) is 0 Å². The van der Waals surface area contributed by atoms with E-state index in [0.29, 0.717) is 48.6 Å². The topological polar surface area (TPSA) is 121 Å². The molecule has 0 bridgehead atoms. The van der Waals surface area contributed by atoms with E-state index in [2.05, 4.69) is 10.3 Å². The van der Waals surface area contributed by atoms with Gasteiger partial charge in [-0.3, -0.25) is 14.9 Å². The van der Waals surface area contributed by atoms with Crippen molar-refractivity contribution in [2.45, 2.75) is 19.8 Å². The molecule has 1 fully saturated rings. The number of aromatic nitrogens is 1. The molecular formula is C25H23N5O4. The van der Waals surface area contributed by atoms with Crippen LogP contribution in [0.3, 0.4) is 0 Å². The molecule has 4 rings (SSSR count). The molecule has 0 unspecified atom stereocenters. The van der Waals surface area contributed by atoms with Crippen LogP contribution in [0.2, 0.25) is 0 Å². The number of hydrogen-bond donors (Lipinski definition) is 1. The van der Waals surface area contributed by atoms with Gasteiger partial charge in [0, 0.05) is 37.0 Å². The van der Waals surface area contributed by atoms with Gasteiger partial charge in [-0.15, -0.1) is 0 Å². The third kappa shape index (κ3) is 4.96. The molecule has 0 spiro atoms. The minimum Gasteiger partial charge on any atom is -0.438 e. The molecular weight excluding hydrogens is 434 g/mol. The summed E-state index contributed by atoms with van der Waals surface area (Å²) in [6, 6.07) is 17.3. The van der Waals surface area contributed by atoms with Gasteiger partial charge < -0.3 is 15.0 Å². The van der Waals surface area contributed by atoms with Gasteiger partial charge >= 0.3 is 0 Å². The van der Waals surface area contributed by atoms with Crippen LogP contribution in [-0.2, 0) is 4.79 Å². The van der Waals surface area contributed by atoms with Gasteiger partial charge in [0.15, 0.2) is 0 Å². The maximum Gasteiger partial charge on any atom is 0.292 e. The largest absolute Gasteiger partial charge is 0.438 e. The quantitative estimate of drug-likeness (QED) is 0.416. The number of pyridine rings is 1. The Balaban J connectivity index is 1.37. The zero-order valence-corrected chi connectivity index (χ0v) is 18.6. The summed E-state index contributed by atoms with van der Waals surface area (Å²) in [6.45, 7) is 3.00. The van der Waals surface area contributed by atoms with Crippen molar-refractivity contribution in [3.8, 4) is 17.7 Å². The molecule has 2 heterocycles. The number of carbonyl (C=O) groups is 1. The molecule has 1 amide bonds. The number of nitriles is 1. The lowest BCUT2D eigenvalue weighted by Gasteiger charge is -2.32. The van der Waals surface area contributed by atoms with Gasteiger partial charge in [-0.1, -0.05) is 12.1 Å². The number of nitrogens with zero attached hydrogens (tertiary/aromatic N) is 4. The van der Waals surface area contributed by atoms with Crippen molar-refractivity contribution < 1.29 is 14.5 Å². The maximum atomic E-state index is 12.9. The molecule has 3 aromatic rings. The Hall–Kier alpha value is -4.45. The summed E-state index contributed by atoms with van der Waals surface area (Å²) in [5.41, 5.74) is 2.50. The van der Waals surface area contributed by atoms with E-state index in [4.69, 9.17) is 4.74 Å². The first-order valence-electron chi connectivity index (χ1n) is 10.9. The first-order chi connectivity index (χ1) is 16.5. The van der Waals surface area contributed by atoms with E-state index in [0.717, 1.165) is 5.56 Å². The van der Waals surface area contributed by atoms with Crippen molar-refractivity contribution in [1.29, 1.82) is 5.26 Å². The summed E-state index contributed by atoms with van der Waals surface area (Å²) < 4.78 is 5.74. The predicted molar refractivity (Wildman–Crippen MR) is 127 cm³/mol. The molecule has 9 heteroatoms. The minimum atomic E-state index is -0.376. The highest BCUT2D eigenvalue weighted by atomic mass is 16.6. The predicted octanol–water partition coefficient (Wildman–Crippen LogP) is 4.82. The highest BCUT2D eigenvalue weighted by molar-refractivity contribution is 5.93. The number of amides is 1. The van der Waals surface area contributed by atoms with Crippen molar-refractivity contribution in [2.24, 2.45) is 5.92 Å². The molecule has 34 heavy (non-hydrogen) atoms. The molecule has 1 aliphatic rings. The number of rotatable bonds is 6. The van der Waals surface area contributed by atoms with Crippen LogP contribution in [0.25, 0.3) is 0 Å². The monoisotopic (exact) mass is 457 g/mol. The summed E-state index contributed by atoms with van der Waals surface area (Å²) in [7, 11) is 0. The van der Waals surface area contributed by atoms with Crippen molar-refractivity contribution in [1.82, 2.24) is 4.98 Å². The van der Waals surface area contributed by atoms with Crippen molar-refractivity contribution >= 4 is 23.0 Å². The molecule has 0 atom stereocenters. The van der Waals surface area contributed by atoms with Gasteiger partial charge in [0.05, 0.1) is 4.92 Å². The van der Waals surface area contributed by atoms with Crippen molar-refractivity contribution in [2.75, 3.05) is 23.3 Å². The molecule has 0 aliphatic carbocycles. The number of aryl methyl sites for hydroxylation is 1. The molecule has 0 radical (unpaired) electrons. The van der Waals surface area contributed by atoms with Gasteiger partial charge in [0.2, 0.25) is 11.8 Å². The van der Waals surface area contributed by atoms with Crippen LogP contribution in [0.1, 0.15) is 24.0 Å². The Bertz CT molecular complexity index is 1260. The fourth-order valence-corrected chi connectivity index (χ4v) is 4.01. The first-order valence-corrected chi connectivity index (χ1v) is 10.9. The van der Waals surface area contributed by atoms with E-state index < -0.39 is 0 Å². The fourth-order valence-electron chi connectivity index (χ4n) is 4.01. The van der Waals surface area contributed by atoms with Crippen LogP contribution >= 0.6 is 0 Å². The Morgan fingerprint density at radius 1 is 1.21 bits per heavy atom. The normalized spacial score (nSPS) is 13.7. The third-order valence-electron chi connectivity index (χ3n) is 5.85. The Kier molecular flexibility index (Phi) is 6.69. The average molecular weight is 457 g/mol. The van der Waals surface area contributed by atoms with Gasteiger partial charge in [0.25, 0.3) is 5.69 Å². The molecule has 1 N–H and O–H groups in total. The summed E-state index contributed by atoms with van der Waals surface area (Å²) >= 11 is 0. The molecule has 1 saturated heterocycles. The number of nitro benzene ring substituents is 1. The highest BCUT2D eigenvalue weighted by Gasteiger charge is 2.28. The van der Waals surface area contributed by atoms with Gasteiger partial charge in [0.1, 0.15) is 23.1 Å². The second-order valence-corrected chi connectivity index (χ2v) is 8.04. The van der Waals surface area contributed by atoms with E-state index in [9.17, 15) is 20.2 Å². The number of anilines is 2. The van der Waals surface area contributed by atoms with Gasteiger partial charge in [-0.2, -0.15) is 5.26 Å². The number of piperidine rings is 1. The van der Waals surface area contributed by atoms with Gasteiger partial charge in [-0.25, -0.2) is 4.98 Å². The van der Waals surface area contributed by atoms with Crippen molar-refractivity contribution in [3.05, 3.63) is 82.0 Å². The number of carbonyl (C=O) groups excluding carboxylic acids is 1. The molecule has 9 nitrogen and oxygen atoms in total. The average Bonchev–Trinajstić information content (AvgIpc) is 2.86. The maximum absolute atomic E-state index is 12.9. The standard InChI is InChI=1S/C25H23N5O4/c1-17-15-20(34-25-19(16-26)5-4-12-27-25)8-9-21(17)28-24(31)18-10-13-29(14-11-18)22-6-2-3-7-23(22)30(32)33/h2-9,12,15,18H,10-11,13-14H2,1H3,(H,28,31). The number of nitro groups is 1. The number of hydrogen-bond acceptors (Lipinski definition) is 7. The SMILES string of the molecule is Cc1cc(Oc2ncccc2C#N)ccc1NC(=O)C1CCN(c2ccccc2[N+](=O)[O-])CC1. The summed E-state index contributed by atoms with van der Waals surface area (Å²) in [4.78, 5) is 29.9. The number of nitrogens with one attached hydrogen (secondary N) is 1. The third-order valence-corrected chi connectivity index (χ3v) is 5.85. The number of ether oxygens (including phenoxy) is 1. The van der Waals surface area contributed by atoms with Crippen LogP contribution in [-0.4, -0.2) is 28.9 Å².